The lowest BCUT2D eigenvalue weighted by molar-refractivity contribution is -0.131. The molecule has 0 aliphatic heterocycles. The van der Waals surface area contributed by atoms with E-state index in [9.17, 15) is 9.59 Å². The standard InChI is InChI=1S/C16H14N2O3/c1-11-10-13(6-5-12(11)7-8-15(19)20)16(21)18-14-4-2-3-9-17-14/h2-10H,1H3,(H,19,20)(H,17,18,21)/b8-7+. The molecule has 0 bridgehead atoms. The SMILES string of the molecule is Cc1cc(C(=O)Nc2ccccn2)ccc1/C=C/C(=O)O. The van der Waals surface area contributed by atoms with E-state index in [1.165, 1.54) is 6.08 Å². The first-order valence-corrected chi connectivity index (χ1v) is 6.30. The minimum absolute atomic E-state index is 0.259. The monoisotopic (exact) mass is 282 g/mol. The van der Waals surface area contributed by atoms with Crippen LogP contribution in [0.25, 0.3) is 6.08 Å². The van der Waals surface area contributed by atoms with E-state index in [0.717, 1.165) is 17.2 Å². The summed E-state index contributed by atoms with van der Waals surface area (Å²) in [6.07, 6.45) is 4.16. The van der Waals surface area contributed by atoms with Crippen LogP contribution in [-0.2, 0) is 4.79 Å². The molecule has 0 atom stereocenters. The Morgan fingerprint density at radius 1 is 1.24 bits per heavy atom. The van der Waals surface area contributed by atoms with E-state index in [1.54, 1.807) is 42.6 Å². The predicted octanol–water partition coefficient (Wildman–Crippen LogP) is 2.74. The summed E-state index contributed by atoms with van der Waals surface area (Å²) >= 11 is 0. The number of carbonyl (C=O) groups excluding carboxylic acids is 1. The molecule has 1 aromatic carbocycles. The van der Waals surface area contributed by atoms with Crippen molar-refractivity contribution in [3.05, 3.63) is 65.4 Å². The summed E-state index contributed by atoms with van der Waals surface area (Å²) in [6, 6.07) is 10.3. The summed E-state index contributed by atoms with van der Waals surface area (Å²) in [5.74, 6) is -0.785. The van der Waals surface area contributed by atoms with Gasteiger partial charge in [-0.2, -0.15) is 0 Å². The highest BCUT2D eigenvalue weighted by molar-refractivity contribution is 6.04. The van der Waals surface area contributed by atoms with Gasteiger partial charge < -0.3 is 10.4 Å². The first-order valence-electron chi connectivity index (χ1n) is 6.30. The minimum atomic E-state index is -1.01. The second-order valence-corrected chi connectivity index (χ2v) is 4.41. The fourth-order valence-electron chi connectivity index (χ4n) is 1.79. The van der Waals surface area contributed by atoms with E-state index in [2.05, 4.69) is 10.3 Å². The van der Waals surface area contributed by atoms with Crippen LogP contribution in [0.15, 0.2) is 48.7 Å². The second kappa shape index (κ2) is 6.47. The Bertz CT molecular complexity index is 694. The number of aryl methyl sites for hydroxylation is 1. The van der Waals surface area contributed by atoms with Crippen LogP contribution in [0.1, 0.15) is 21.5 Å². The third-order valence-electron chi connectivity index (χ3n) is 2.84. The predicted molar refractivity (Wildman–Crippen MR) is 80.0 cm³/mol. The van der Waals surface area contributed by atoms with Crippen molar-refractivity contribution in [1.82, 2.24) is 4.98 Å². The number of amides is 1. The molecule has 5 nitrogen and oxygen atoms in total. The lowest BCUT2D eigenvalue weighted by Gasteiger charge is -2.06. The number of benzene rings is 1. The number of anilines is 1. The summed E-state index contributed by atoms with van der Waals surface area (Å²) < 4.78 is 0. The van der Waals surface area contributed by atoms with Crippen molar-refractivity contribution in [3.8, 4) is 0 Å². The van der Waals surface area contributed by atoms with Gasteiger partial charge in [0.25, 0.3) is 5.91 Å². The van der Waals surface area contributed by atoms with Gasteiger partial charge >= 0.3 is 5.97 Å². The molecule has 1 aromatic heterocycles. The van der Waals surface area contributed by atoms with E-state index in [4.69, 9.17) is 5.11 Å². The number of nitrogens with one attached hydrogen (secondary N) is 1. The largest absolute Gasteiger partial charge is 0.478 e. The number of rotatable bonds is 4. The average Bonchev–Trinajstić information content (AvgIpc) is 2.46. The van der Waals surface area contributed by atoms with Crippen LogP contribution in [0.2, 0.25) is 0 Å². The normalized spacial score (nSPS) is 10.5. The number of nitrogens with zero attached hydrogens (tertiary/aromatic N) is 1. The lowest BCUT2D eigenvalue weighted by atomic mass is 10.0. The Morgan fingerprint density at radius 3 is 2.67 bits per heavy atom. The third-order valence-corrected chi connectivity index (χ3v) is 2.84. The van der Waals surface area contributed by atoms with Gasteiger partial charge in [-0.15, -0.1) is 0 Å². The Kier molecular flexibility index (Phi) is 4.46. The molecule has 0 aliphatic rings. The van der Waals surface area contributed by atoms with E-state index < -0.39 is 5.97 Å². The maximum absolute atomic E-state index is 12.1. The summed E-state index contributed by atoms with van der Waals surface area (Å²) in [5.41, 5.74) is 2.07. The zero-order chi connectivity index (χ0) is 15.2. The van der Waals surface area contributed by atoms with Crippen molar-refractivity contribution in [1.29, 1.82) is 0 Å². The molecule has 0 saturated heterocycles. The molecule has 0 aliphatic carbocycles. The van der Waals surface area contributed by atoms with Gasteiger partial charge in [0, 0.05) is 17.8 Å². The molecule has 1 heterocycles. The molecule has 21 heavy (non-hydrogen) atoms. The van der Waals surface area contributed by atoms with Crippen molar-refractivity contribution in [2.24, 2.45) is 0 Å². The summed E-state index contributed by atoms with van der Waals surface area (Å²) in [7, 11) is 0. The van der Waals surface area contributed by atoms with Crippen LogP contribution in [0.5, 0.6) is 0 Å². The number of carboxylic acids is 1. The lowest BCUT2D eigenvalue weighted by Crippen LogP contribution is -2.13. The van der Waals surface area contributed by atoms with Gasteiger partial charge in [0.15, 0.2) is 0 Å². The molecule has 0 radical (unpaired) electrons. The molecule has 1 amide bonds. The Morgan fingerprint density at radius 2 is 2.05 bits per heavy atom. The number of carboxylic acid groups (broad SMARTS) is 1. The van der Waals surface area contributed by atoms with Crippen molar-refractivity contribution in [2.45, 2.75) is 6.92 Å². The summed E-state index contributed by atoms with van der Waals surface area (Å²) in [6.45, 7) is 1.82. The highest BCUT2D eigenvalue weighted by atomic mass is 16.4. The third kappa shape index (κ3) is 4.01. The van der Waals surface area contributed by atoms with Gasteiger partial charge in [-0.1, -0.05) is 12.1 Å². The van der Waals surface area contributed by atoms with Gasteiger partial charge in [-0.05, 0) is 48.4 Å². The number of hydrogen-bond acceptors (Lipinski definition) is 3. The van der Waals surface area contributed by atoms with Crippen molar-refractivity contribution in [2.75, 3.05) is 5.32 Å². The van der Waals surface area contributed by atoms with Crippen molar-refractivity contribution < 1.29 is 14.7 Å². The molecular weight excluding hydrogens is 268 g/mol. The van der Waals surface area contributed by atoms with E-state index >= 15 is 0 Å². The van der Waals surface area contributed by atoms with E-state index in [-0.39, 0.29) is 5.91 Å². The topological polar surface area (TPSA) is 79.3 Å². The number of pyridine rings is 1. The van der Waals surface area contributed by atoms with Gasteiger partial charge in [-0.25, -0.2) is 9.78 Å². The summed E-state index contributed by atoms with van der Waals surface area (Å²) in [5, 5.41) is 11.3. The fourth-order valence-corrected chi connectivity index (χ4v) is 1.79. The maximum atomic E-state index is 12.1. The van der Waals surface area contributed by atoms with Crippen LogP contribution in [0.4, 0.5) is 5.82 Å². The molecule has 106 valence electrons. The molecule has 2 aromatic rings. The van der Waals surface area contributed by atoms with Gasteiger partial charge in [0.2, 0.25) is 0 Å². The van der Waals surface area contributed by atoms with Crippen LogP contribution in [0.3, 0.4) is 0 Å². The van der Waals surface area contributed by atoms with Crippen molar-refractivity contribution >= 4 is 23.8 Å². The zero-order valence-electron chi connectivity index (χ0n) is 11.4. The summed E-state index contributed by atoms with van der Waals surface area (Å²) in [4.78, 5) is 26.6. The maximum Gasteiger partial charge on any atom is 0.328 e. The van der Waals surface area contributed by atoms with Crippen LogP contribution < -0.4 is 5.32 Å². The Labute approximate surface area is 122 Å². The van der Waals surface area contributed by atoms with Crippen LogP contribution in [0, 0.1) is 6.92 Å². The molecule has 0 unspecified atom stereocenters. The number of aromatic nitrogens is 1. The molecule has 5 heteroatoms. The first kappa shape index (κ1) is 14.5. The van der Waals surface area contributed by atoms with E-state index in [1.807, 2.05) is 6.92 Å². The van der Waals surface area contributed by atoms with Crippen LogP contribution in [-0.4, -0.2) is 22.0 Å². The zero-order valence-corrected chi connectivity index (χ0v) is 11.4. The minimum Gasteiger partial charge on any atom is -0.478 e. The number of aliphatic carboxylic acids is 1. The molecule has 2 rings (SSSR count). The molecule has 2 N–H and O–H groups in total. The van der Waals surface area contributed by atoms with E-state index in [0.29, 0.717) is 11.4 Å². The molecule has 0 saturated carbocycles. The highest BCUT2D eigenvalue weighted by Crippen LogP contribution is 2.14. The molecule has 0 fully saturated rings. The van der Waals surface area contributed by atoms with Gasteiger partial charge in [0.1, 0.15) is 5.82 Å². The molecular formula is C16H14N2O3. The van der Waals surface area contributed by atoms with Gasteiger partial charge in [0.05, 0.1) is 0 Å². The second-order valence-electron chi connectivity index (χ2n) is 4.41. The number of carbonyl (C=O) groups is 2. The quantitative estimate of drug-likeness (QED) is 0.845. The average molecular weight is 282 g/mol. The fraction of sp³-hybridized carbons (Fsp3) is 0.0625. The van der Waals surface area contributed by atoms with Crippen molar-refractivity contribution in [3.63, 3.8) is 0 Å². The Hall–Kier alpha value is -2.95. The molecule has 0 spiro atoms. The first-order chi connectivity index (χ1) is 10.1. The van der Waals surface area contributed by atoms with Crippen LogP contribution >= 0.6 is 0 Å². The smallest absolute Gasteiger partial charge is 0.328 e. The Balaban J connectivity index is 2.16. The number of hydrogen-bond donors (Lipinski definition) is 2. The highest BCUT2D eigenvalue weighted by Gasteiger charge is 2.08. The van der Waals surface area contributed by atoms with Gasteiger partial charge in [-0.3, -0.25) is 4.79 Å².